The molecule has 1 aromatic rings. The van der Waals surface area contributed by atoms with Gasteiger partial charge < -0.3 is 10.2 Å². The Balaban J connectivity index is 2.04. The van der Waals surface area contributed by atoms with Gasteiger partial charge in [0.05, 0.1) is 16.4 Å². The van der Waals surface area contributed by atoms with Crippen molar-refractivity contribution >= 4 is 28.2 Å². The Bertz CT molecular complexity index is 444. The molecule has 2 aliphatic heterocycles. The molecule has 2 aliphatic rings. The Labute approximate surface area is 99.9 Å². The number of hydrogen-bond donors (Lipinski definition) is 1. The van der Waals surface area contributed by atoms with Gasteiger partial charge >= 0.3 is 0 Å². The molecule has 0 amide bonds. The van der Waals surface area contributed by atoms with Crippen LogP contribution in [0.1, 0.15) is 13.8 Å². The topological polar surface area (TPSA) is 27.6 Å². The van der Waals surface area contributed by atoms with E-state index >= 15 is 0 Å². The smallest absolute Gasteiger partial charge is 0.152 e. The second-order valence-electron chi connectivity index (χ2n) is 4.05. The molecule has 0 bridgehead atoms. The minimum Gasteiger partial charge on any atom is -0.368 e. The zero-order valence-corrected chi connectivity index (χ0v) is 10.3. The predicted molar refractivity (Wildman–Crippen MR) is 71.4 cm³/mol. The highest BCUT2D eigenvalue weighted by atomic mass is 32.2. The second kappa shape index (κ2) is 3.70. The quantitative estimate of drug-likeness (QED) is 0.808. The van der Waals surface area contributed by atoms with E-state index in [9.17, 15) is 0 Å². The Morgan fingerprint density at radius 1 is 1.44 bits per heavy atom. The highest BCUT2D eigenvalue weighted by Crippen LogP contribution is 2.40. The van der Waals surface area contributed by atoms with Gasteiger partial charge in [-0.05, 0) is 26.0 Å². The van der Waals surface area contributed by atoms with Crippen LogP contribution in [-0.2, 0) is 0 Å². The lowest BCUT2D eigenvalue weighted by Gasteiger charge is -2.38. The summed E-state index contributed by atoms with van der Waals surface area (Å²) in [5, 5.41) is 5.11. The number of aliphatic imine (C=N–C) groups is 1. The van der Waals surface area contributed by atoms with E-state index in [0.717, 1.165) is 6.54 Å². The molecule has 84 valence electrons. The molecule has 0 fully saturated rings. The van der Waals surface area contributed by atoms with Gasteiger partial charge in [-0.15, -0.1) is 0 Å². The largest absolute Gasteiger partial charge is 0.368 e. The first-order chi connectivity index (χ1) is 7.79. The monoisotopic (exact) mass is 233 g/mol. The fraction of sp³-hybridized carbons (Fsp3) is 0.417. The maximum atomic E-state index is 4.70. The summed E-state index contributed by atoms with van der Waals surface area (Å²) in [4.78, 5) is 7.08. The van der Waals surface area contributed by atoms with E-state index in [1.807, 2.05) is 11.8 Å². The van der Waals surface area contributed by atoms with Crippen molar-refractivity contribution in [2.45, 2.75) is 25.4 Å². The summed E-state index contributed by atoms with van der Waals surface area (Å²) in [5.74, 6) is 0. The zero-order chi connectivity index (χ0) is 11.1. The van der Waals surface area contributed by atoms with Gasteiger partial charge in [0.15, 0.2) is 6.17 Å². The molecular formula is C12H15N3S. The number of rotatable bonds is 1. The second-order valence-corrected chi connectivity index (χ2v) is 5.38. The van der Waals surface area contributed by atoms with Crippen LogP contribution in [0, 0.1) is 0 Å². The van der Waals surface area contributed by atoms with Crippen molar-refractivity contribution in [2.75, 3.05) is 16.8 Å². The molecule has 0 saturated carbocycles. The number of hydrogen-bond acceptors (Lipinski definition) is 4. The fourth-order valence-electron chi connectivity index (χ4n) is 2.37. The van der Waals surface area contributed by atoms with E-state index < -0.39 is 0 Å². The van der Waals surface area contributed by atoms with Gasteiger partial charge in [-0.25, -0.2) is 0 Å². The number of fused-ring (bicyclic) bond motifs is 2. The third-order valence-electron chi connectivity index (χ3n) is 3.05. The first kappa shape index (κ1) is 10.0. The summed E-state index contributed by atoms with van der Waals surface area (Å²) in [6.07, 6.45) is 0.255. The van der Waals surface area contributed by atoms with Crippen LogP contribution in [0.15, 0.2) is 29.3 Å². The average Bonchev–Trinajstić information content (AvgIpc) is 2.65. The molecule has 0 radical (unpaired) electrons. The first-order valence-corrected chi connectivity index (χ1v) is 6.51. The van der Waals surface area contributed by atoms with Crippen molar-refractivity contribution in [2.24, 2.45) is 4.99 Å². The van der Waals surface area contributed by atoms with Gasteiger partial charge in [-0.1, -0.05) is 23.9 Å². The zero-order valence-electron chi connectivity index (χ0n) is 9.47. The minimum atomic E-state index is 0.255. The molecule has 2 atom stereocenters. The van der Waals surface area contributed by atoms with Crippen LogP contribution in [0.3, 0.4) is 0 Å². The summed E-state index contributed by atoms with van der Waals surface area (Å²) in [5.41, 5.74) is 2.49. The summed E-state index contributed by atoms with van der Waals surface area (Å²) >= 11 is 1.83. The van der Waals surface area contributed by atoms with Gasteiger partial charge in [0.25, 0.3) is 0 Å². The highest BCUT2D eigenvalue weighted by Gasteiger charge is 2.37. The molecule has 1 aromatic carbocycles. The fourth-order valence-corrected chi connectivity index (χ4v) is 3.42. The molecule has 0 saturated heterocycles. The van der Waals surface area contributed by atoms with Crippen molar-refractivity contribution in [3.05, 3.63) is 24.3 Å². The number of para-hydroxylation sites is 2. The van der Waals surface area contributed by atoms with Crippen molar-refractivity contribution in [3.63, 3.8) is 0 Å². The van der Waals surface area contributed by atoms with E-state index in [1.54, 1.807) is 0 Å². The van der Waals surface area contributed by atoms with Gasteiger partial charge in [-0.2, -0.15) is 0 Å². The van der Waals surface area contributed by atoms with Gasteiger partial charge in [-0.3, -0.25) is 4.99 Å². The molecular weight excluding hydrogens is 218 g/mol. The summed E-state index contributed by atoms with van der Waals surface area (Å²) < 4.78 is 0. The molecule has 0 aromatic heterocycles. The Morgan fingerprint density at radius 3 is 3.06 bits per heavy atom. The number of nitrogens with zero attached hydrogens (tertiary/aromatic N) is 2. The van der Waals surface area contributed by atoms with Crippen LogP contribution in [0.2, 0.25) is 0 Å². The lowest BCUT2D eigenvalue weighted by Crippen LogP contribution is -2.46. The third kappa shape index (κ3) is 1.40. The van der Waals surface area contributed by atoms with Gasteiger partial charge in [0.1, 0.15) is 5.37 Å². The Hall–Kier alpha value is -1.16. The molecule has 1 N–H and O–H groups in total. The van der Waals surface area contributed by atoms with E-state index in [2.05, 4.69) is 48.3 Å². The average molecular weight is 233 g/mol. The van der Waals surface area contributed by atoms with Crippen molar-refractivity contribution < 1.29 is 0 Å². The molecule has 0 aliphatic carbocycles. The highest BCUT2D eigenvalue weighted by molar-refractivity contribution is 8.14. The summed E-state index contributed by atoms with van der Waals surface area (Å²) in [7, 11) is 0. The normalized spacial score (nSPS) is 26.9. The predicted octanol–water partition coefficient (Wildman–Crippen LogP) is 2.76. The van der Waals surface area contributed by atoms with Crippen LogP contribution >= 0.6 is 11.8 Å². The maximum Gasteiger partial charge on any atom is 0.152 e. The molecule has 3 rings (SSSR count). The number of thioether (sulfide) groups is 1. The molecule has 3 nitrogen and oxygen atoms in total. The molecule has 2 unspecified atom stereocenters. The number of likely N-dealkylation sites (N-methyl/N-ethyl adjacent to an activating group) is 1. The molecule has 0 spiro atoms. The van der Waals surface area contributed by atoms with Crippen LogP contribution in [0.5, 0.6) is 0 Å². The van der Waals surface area contributed by atoms with Crippen LogP contribution in [-0.4, -0.2) is 23.1 Å². The lowest BCUT2D eigenvalue weighted by atomic mass is 10.1. The molecule has 2 heterocycles. The first-order valence-electron chi connectivity index (χ1n) is 5.63. The number of anilines is 2. The van der Waals surface area contributed by atoms with Crippen molar-refractivity contribution in [1.82, 2.24) is 0 Å². The Kier molecular flexibility index (Phi) is 2.32. The van der Waals surface area contributed by atoms with E-state index in [-0.39, 0.29) is 6.17 Å². The standard InChI is InChI=1S/C12H15N3S/c1-3-15-10-7-5-4-6-9(10)14-12-11(15)13-8(2)16-12/h4-7,11-12,14H,3H2,1-2H3. The molecule has 16 heavy (non-hydrogen) atoms. The number of nitrogens with one attached hydrogen (secondary N) is 1. The lowest BCUT2D eigenvalue weighted by molar-refractivity contribution is 0.620. The molecule has 4 heteroatoms. The number of benzene rings is 1. The summed E-state index contributed by atoms with van der Waals surface area (Å²) in [6.45, 7) is 5.27. The van der Waals surface area contributed by atoms with Crippen LogP contribution < -0.4 is 10.2 Å². The summed E-state index contributed by atoms with van der Waals surface area (Å²) in [6, 6.07) is 8.47. The Morgan fingerprint density at radius 2 is 2.25 bits per heavy atom. The van der Waals surface area contributed by atoms with Crippen molar-refractivity contribution in [1.29, 1.82) is 0 Å². The van der Waals surface area contributed by atoms with Crippen LogP contribution in [0.4, 0.5) is 11.4 Å². The maximum absolute atomic E-state index is 4.70. The van der Waals surface area contributed by atoms with E-state index in [1.165, 1.54) is 16.4 Å². The van der Waals surface area contributed by atoms with Crippen molar-refractivity contribution in [3.8, 4) is 0 Å². The van der Waals surface area contributed by atoms with E-state index in [0.29, 0.717) is 5.37 Å². The SMILES string of the molecule is CCN1c2ccccc2NC2SC(C)=NC21. The van der Waals surface area contributed by atoms with Gasteiger partial charge in [0, 0.05) is 6.54 Å². The minimum absolute atomic E-state index is 0.255. The van der Waals surface area contributed by atoms with Crippen LogP contribution in [0.25, 0.3) is 0 Å². The van der Waals surface area contributed by atoms with Gasteiger partial charge in [0.2, 0.25) is 0 Å². The van der Waals surface area contributed by atoms with E-state index in [4.69, 9.17) is 4.99 Å². The third-order valence-corrected chi connectivity index (χ3v) is 4.12.